The fourth-order valence-corrected chi connectivity index (χ4v) is 3.77. The van der Waals surface area contributed by atoms with E-state index in [1.807, 2.05) is 48.7 Å². The van der Waals surface area contributed by atoms with Crippen molar-refractivity contribution < 1.29 is 9.69 Å². The third kappa shape index (κ3) is 2.57. The number of para-hydroxylation sites is 1. The van der Waals surface area contributed by atoms with Gasteiger partial charge in [0.15, 0.2) is 6.04 Å². The first kappa shape index (κ1) is 14.2. The van der Waals surface area contributed by atoms with E-state index in [1.54, 1.807) is 0 Å². The minimum Gasteiger partial charge on any atom is -0.360 e. The maximum atomic E-state index is 13.4. The molecule has 2 aromatic carbocycles. The lowest BCUT2D eigenvalue weighted by atomic mass is 9.96. The number of likely N-dealkylation sites (tertiary alicyclic amines) is 1. The molecule has 3 nitrogen and oxygen atoms in total. The van der Waals surface area contributed by atoms with Crippen LogP contribution in [0.5, 0.6) is 0 Å². The molecule has 0 radical (unpaired) electrons. The number of Topliss-reactive ketones (excluding diaryl/α,β-unsaturated/α-hetero) is 1. The second-order valence-electron chi connectivity index (χ2n) is 6.32. The standard InChI is InChI=1S/C20H20N2O/c23-20(17-14-21-18-11-5-4-10-16(17)18)19(22-12-6-7-13-22)15-8-2-1-3-9-15/h1-5,8-11,14,19,21H,6-7,12-13H2/p+1/t19-/m0/s1. The summed E-state index contributed by atoms with van der Waals surface area (Å²) in [6.45, 7) is 2.15. The number of quaternary nitrogens is 1. The predicted octanol–water partition coefficient (Wildman–Crippen LogP) is 2.77. The molecule has 2 N–H and O–H groups in total. The molecule has 3 aromatic rings. The van der Waals surface area contributed by atoms with Crippen LogP contribution in [0.15, 0.2) is 60.8 Å². The molecule has 1 atom stereocenters. The second-order valence-corrected chi connectivity index (χ2v) is 6.32. The average molecular weight is 305 g/mol. The van der Waals surface area contributed by atoms with Gasteiger partial charge in [-0.2, -0.15) is 0 Å². The Bertz CT molecular complexity index is 816. The van der Waals surface area contributed by atoms with E-state index in [2.05, 4.69) is 17.1 Å². The molecule has 1 fully saturated rings. The number of hydrogen-bond acceptors (Lipinski definition) is 1. The van der Waals surface area contributed by atoms with Crippen molar-refractivity contribution in [1.82, 2.24) is 4.98 Å². The molecule has 3 heteroatoms. The number of aromatic amines is 1. The first-order chi connectivity index (χ1) is 11.3. The lowest BCUT2D eigenvalue weighted by Gasteiger charge is -2.23. The van der Waals surface area contributed by atoms with Crippen molar-refractivity contribution in [2.75, 3.05) is 13.1 Å². The van der Waals surface area contributed by atoms with Crippen LogP contribution in [0, 0.1) is 0 Å². The monoisotopic (exact) mass is 305 g/mol. The molecule has 23 heavy (non-hydrogen) atoms. The van der Waals surface area contributed by atoms with Crippen LogP contribution in [-0.4, -0.2) is 23.9 Å². The quantitative estimate of drug-likeness (QED) is 0.715. The average Bonchev–Trinajstić information content (AvgIpc) is 3.25. The molecule has 0 saturated carbocycles. The molecular weight excluding hydrogens is 284 g/mol. The minimum atomic E-state index is -0.0992. The van der Waals surface area contributed by atoms with Crippen molar-refractivity contribution in [2.45, 2.75) is 18.9 Å². The molecular formula is C20H21N2O+. The van der Waals surface area contributed by atoms with E-state index in [0.717, 1.165) is 35.1 Å². The lowest BCUT2D eigenvalue weighted by Crippen LogP contribution is -3.11. The van der Waals surface area contributed by atoms with E-state index in [1.165, 1.54) is 17.7 Å². The van der Waals surface area contributed by atoms with E-state index < -0.39 is 0 Å². The first-order valence-corrected chi connectivity index (χ1v) is 8.34. The molecule has 2 heterocycles. The van der Waals surface area contributed by atoms with E-state index in [9.17, 15) is 4.79 Å². The highest BCUT2D eigenvalue weighted by molar-refractivity contribution is 6.10. The van der Waals surface area contributed by atoms with Crippen molar-refractivity contribution in [3.8, 4) is 0 Å². The summed E-state index contributed by atoms with van der Waals surface area (Å²) < 4.78 is 0. The largest absolute Gasteiger partial charge is 0.360 e. The highest BCUT2D eigenvalue weighted by atomic mass is 16.1. The Morgan fingerprint density at radius 2 is 1.65 bits per heavy atom. The van der Waals surface area contributed by atoms with Crippen molar-refractivity contribution >= 4 is 16.7 Å². The number of H-pyrrole nitrogens is 1. The SMILES string of the molecule is O=C(c1c[nH]c2ccccc12)[C@H](c1ccccc1)[NH+]1CCCC1. The molecule has 4 rings (SSSR count). The Hall–Kier alpha value is -2.39. The molecule has 0 aliphatic carbocycles. The van der Waals surface area contributed by atoms with Gasteiger partial charge in [0.25, 0.3) is 0 Å². The summed E-state index contributed by atoms with van der Waals surface area (Å²) >= 11 is 0. The van der Waals surface area contributed by atoms with Crippen LogP contribution >= 0.6 is 0 Å². The Morgan fingerprint density at radius 1 is 0.957 bits per heavy atom. The van der Waals surface area contributed by atoms with Crippen LogP contribution in [-0.2, 0) is 0 Å². The van der Waals surface area contributed by atoms with Gasteiger partial charge in [0.05, 0.1) is 13.1 Å². The normalized spacial score (nSPS) is 16.7. The molecule has 0 spiro atoms. The van der Waals surface area contributed by atoms with Crippen LogP contribution in [0.25, 0.3) is 10.9 Å². The topological polar surface area (TPSA) is 37.3 Å². The van der Waals surface area contributed by atoms with Gasteiger partial charge in [-0.3, -0.25) is 4.79 Å². The summed E-state index contributed by atoms with van der Waals surface area (Å²) in [5.41, 5.74) is 2.97. The first-order valence-electron chi connectivity index (χ1n) is 8.34. The highest BCUT2D eigenvalue weighted by Crippen LogP contribution is 2.23. The molecule has 0 amide bonds. The fraction of sp³-hybridized carbons (Fsp3) is 0.250. The van der Waals surface area contributed by atoms with E-state index in [0.29, 0.717) is 0 Å². The molecule has 1 aromatic heterocycles. The second kappa shape index (κ2) is 6.01. The molecule has 1 aliphatic rings. The van der Waals surface area contributed by atoms with Crippen molar-refractivity contribution in [3.63, 3.8) is 0 Å². The molecule has 0 bridgehead atoms. The Balaban J connectivity index is 1.78. The van der Waals surface area contributed by atoms with Gasteiger partial charge < -0.3 is 9.88 Å². The summed E-state index contributed by atoms with van der Waals surface area (Å²) in [5.74, 6) is 0.227. The third-order valence-electron chi connectivity index (χ3n) is 4.90. The number of benzene rings is 2. The number of aromatic nitrogens is 1. The Morgan fingerprint density at radius 3 is 2.43 bits per heavy atom. The zero-order valence-corrected chi connectivity index (χ0v) is 13.1. The number of nitrogens with one attached hydrogen (secondary N) is 2. The summed E-state index contributed by atoms with van der Waals surface area (Å²) in [4.78, 5) is 18.0. The van der Waals surface area contributed by atoms with Gasteiger partial charge in [-0.05, 0) is 6.07 Å². The highest BCUT2D eigenvalue weighted by Gasteiger charge is 2.35. The van der Waals surface area contributed by atoms with Gasteiger partial charge in [-0.15, -0.1) is 0 Å². The van der Waals surface area contributed by atoms with Crippen LogP contribution in [0.1, 0.15) is 34.8 Å². The zero-order chi connectivity index (χ0) is 15.6. The van der Waals surface area contributed by atoms with Gasteiger partial charge in [-0.25, -0.2) is 0 Å². The predicted molar refractivity (Wildman–Crippen MR) is 91.7 cm³/mol. The maximum absolute atomic E-state index is 13.4. The minimum absolute atomic E-state index is 0.0992. The number of carbonyl (C=O) groups is 1. The number of rotatable bonds is 4. The van der Waals surface area contributed by atoms with Gasteiger partial charge >= 0.3 is 0 Å². The molecule has 1 saturated heterocycles. The number of carbonyl (C=O) groups excluding carboxylic acids is 1. The number of fused-ring (bicyclic) bond motifs is 1. The molecule has 1 aliphatic heterocycles. The van der Waals surface area contributed by atoms with Crippen LogP contribution < -0.4 is 4.90 Å². The van der Waals surface area contributed by atoms with Gasteiger partial charge in [0, 0.05) is 41.1 Å². The Labute approximate surface area is 135 Å². The zero-order valence-electron chi connectivity index (χ0n) is 13.1. The van der Waals surface area contributed by atoms with Crippen LogP contribution in [0.2, 0.25) is 0 Å². The van der Waals surface area contributed by atoms with Crippen molar-refractivity contribution in [1.29, 1.82) is 0 Å². The van der Waals surface area contributed by atoms with E-state index in [-0.39, 0.29) is 11.8 Å². The summed E-state index contributed by atoms with van der Waals surface area (Å²) in [5, 5.41) is 1.03. The summed E-state index contributed by atoms with van der Waals surface area (Å²) in [6.07, 6.45) is 4.29. The van der Waals surface area contributed by atoms with Crippen LogP contribution in [0.4, 0.5) is 0 Å². The molecule has 116 valence electrons. The summed E-state index contributed by atoms with van der Waals surface area (Å²) in [6, 6.07) is 18.2. The summed E-state index contributed by atoms with van der Waals surface area (Å²) in [7, 11) is 0. The lowest BCUT2D eigenvalue weighted by molar-refractivity contribution is -0.909. The molecule has 0 unspecified atom stereocenters. The fourth-order valence-electron chi connectivity index (χ4n) is 3.77. The maximum Gasteiger partial charge on any atom is 0.226 e. The van der Waals surface area contributed by atoms with Gasteiger partial charge in [-0.1, -0.05) is 48.5 Å². The van der Waals surface area contributed by atoms with Crippen LogP contribution in [0.3, 0.4) is 0 Å². The third-order valence-corrected chi connectivity index (χ3v) is 4.90. The number of ketones is 1. The van der Waals surface area contributed by atoms with E-state index >= 15 is 0 Å². The van der Waals surface area contributed by atoms with Crippen molar-refractivity contribution in [2.24, 2.45) is 0 Å². The Kier molecular flexibility index (Phi) is 3.72. The van der Waals surface area contributed by atoms with E-state index in [4.69, 9.17) is 0 Å². The smallest absolute Gasteiger partial charge is 0.226 e. The van der Waals surface area contributed by atoms with Gasteiger partial charge in [0.1, 0.15) is 0 Å². The van der Waals surface area contributed by atoms with Gasteiger partial charge in [0.2, 0.25) is 5.78 Å². The number of hydrogen-bond donors (Lipinski definition) is 2. The van der Waals surface area contributed by atoms with Crippen molar-refractivity contribution in [3.05, 3.63) is 71.9 Å².